The predicted octanol–water partition coefficient (Wildman–Crippen LogP) is 12.6. The van der Waals surface area contributed by atoms with Gasteiger partial charge >= 0.3 is 0 Å². The van der Waals surface area contributed by atoms with Gasteiger partial charge in [-0.25, -0.2) is 9.97 Å². The number of hydrogen-bond donors (Lipinski definition) is 0. The smallest absolute Gasteiger partial charge is 0.136 e. The lowest BCUT2D eigenvalue weighted by molar-refractivity contribution is 0.669. The second-order valence-electron chi connectivity index (χ2n) is 12.1. The van der Waals surface area contributed by atoms with Crippen LogP contribution in [0.5, 0.6) is 0 Å². The number of furan rings is 1. The third-order valence-electron chi connectivity index (χ3n) is 9.27. The Hall–Kier alpha value is -6.10. The normalized spacial score (nSPS) is 11.8. The molecule has 3 nitrogen and oxygen atoms in total. The first-order valence-corrected chi connectivity index (χ1v) is 16.9. The molecule has 0 aliphatic carbocycles. The van der Waals surface area contributed by atoms with E-state index in [2.05, 4.69) is 146 Å². The predicted molar refractivity (Wildman–Crippen MR) is 201 cm³/mol. The molecule has 10 aromatic rings. The number of hydrogen-bond acceptors (Lipinski definition) is 4. The SMILES string of the molecule is c1ccc(-c2nc3ccc(-c4cccc(-c5nc6ccccc6c6c(-c7ccccc7)c7c(cc56)oc5ccccc57)c4)cc3s2)cc1. The zero-order chi connectivity index (χ0) is 31.6. The van der Waals surface area contributed by atoms with E-state index in [-0.39, 0.29) is 0 Å². The molecule has 0 saturated heterocycles. The van der Waals surface area contributed by atoms with Crippen molar-refractivity contribution in [2.45, 2.75) is 0 Å². The van der Waals surface area contributed by atoms with E-state index in [1.54, 1.807) is 11.3 Å². The van der Waals surface area contributed by atoms with E-state index in [0.717, 1.165) is 82.3 Å². The monoisotopic (exact) mass is 630 g/mol. The molecule has 10 rings (SSSR count). The van der Waals surface area contributed by atoms with E-state index in [4.69, 9.17) is 14.4 Å². The van der Waals surface area contributed by atoms with Gasteiger partial charge in [0.05, 0.1) is 21.4 Å². The molecule has 0 unspecified atom stereocenters. The second kappa shape index (κ2) is 10.7. The fraction of sp³-hybridized carbons (Fsp3) is 0. The topological polar surface area (TPSA) is 38.9 Å². The van der Waals surface area contributed by atoms with Crippen LogP contribution in [0.3, 0.4) is 0 Å². The van der Waals surface area contributed by atoms with E-state index >= 15 is 0 Å². The van der Waals surface area contributed by atoms with Crippen molar-refractivity contribution in [2.24, 2.45) is 0 Å². The minimum Gasteiger partial charge on any atom is -0.456 e. The zero-order valence-electron chi connectivity index (χ0n) is 25.7. The highest BCUT2D eigenvalue weighted by atomic mass is 32.1. The van der Waals surface area contributed by atoms with Crippen LogP contribution < -0.4 is 0 Å². The second-order valence-corrected chi connectivity index (χ2v) is 13.2. The minimum absolute atomic E-state index is 0.863. The number of pyridine rings is 1. The average molecular weight is 631 g/mol. The van der Waals surface area contributed by atoms with Crippen LogP contribution in [-0.2, 0) is 0 Å². The van der Waals surface area contributed by atoms with Crippen molar-refractivity contribution in [3.05, 3.63) is 158 Å². The third-order valence-corrected chi connectivity index (χ3v) is 10.3. The van der Waals surface area contributed by atoms with Gasteiger partial charge in [-0.15, -0.1) is 11.3 Å². The molecule has 0 fully saturated rings. The lowest BCUT2D eigenvalue weighted by Crippen LogP contribution is -1.93. The molecule has 48 heavy (non-hydrogen) atoms. The number of nitrogens with zero attached hydrogens (tertiary/aromatic N) is 2. The van der Waals surface area contributed by atoms with Crippen molar-refractivity contribution in [1.29, 1.82) is 0 Å². The van der Waals surface area contributed by atoms with Gasteiger partial charge < -0.3 is 4.42 Å². The summed E-state index contributed by atoms with van der Waals surface area (Å²) in [5, 5.41) is 6.67. The molecule has 3 heterocycles. The van der Waals surface area contributed by atoms with Gasteiger partial charge in [-0.1, -0.05) is 121 Å². The standard InChI is InChI=1S/C44H26N2OS/c1-3-12-27(13-4-1)40-41-32-18-7-9-20-35(32)45-43(34(41)26-38-42(40)33-19-8-10-21-37(33)47-38)31-17-11-16-29(24-31)30-22-23-36-39(25-30)48-44(46-36)28-14-5-2-6-15-28/h1-26H. The molecule has 4 heteroatoms. The van der Waals surface area contributed by atoms with Crippen LogP contribution in [0.15, 0.2) is 162 Å². The number of aromatic nitrogens is 2. The molecule has 3 aromatic heterocycles. The zero-order valence-corrected chi connectivity index (χ0v) is 26.5. The molecule has 0 aliphatic heterocycles. The van der Waals surface area contributed by atoms with Crippen molar-refractivity contribution in [3.63, 3.8) is 0 Å². The summed E-state index contributed by atoms with van der Waals surface area (Å²) < 4.78 is 7.73. The Labute approximate surface area is 280 Å². The fourth-order valence-electron chi connectivity index (χ4n) is 7.08. The van der Waals surface area contributed by atoms with Crippen LogP contribution in [0.4, 0.5) is 0 Å². The van der Waals surface area contributed by atoms with Crippen LogP contribution in [0.1, 0.15) is 0 Å². The molecule has 0 saturated carbocycles. The maximum absolute atomic E-state index is 6.56. The highest BCUT2D eigenvalue weighted by molar-refractivity contribution is 7.21. The van der Waals surface area contributed by atoms with E-state index in [1.807, 2.05) is 12.1 Å². The first-order chi connectivity index (χ1) is 23.8. The van der Waals surface area contributed by atoms with Crippen molar-refractivity contribution in [2.75, 3.05) is 0 Å². The Morgan fingerprint density at radius 3 is 1.96 bits per heavy atom. The summed E-state index contributed by atoms with van der Waals surface area (Å²) in [4.78, 5) is 10.3. The van der Waals surface area contributed by atoms with Crippen LogP contribution in [0, 0.1) is 0 Å². The first kappa shape index (κ1) is 27.1. The molecule has 0 N–H and O–H groups in total. The van der Waals surface area contributed by atoms with Crippen molar-refractivity contribution >= 4 is 65.2 Å². The summed E-state index contributed by atoms with van der Waals surface area (Å²) in [5.41, 5.74) is 11.5. The molecule has 0 bridgehead atoms. The summed E-state index contributed by atoms with van der Waals surface area (Å²) >= 11 is 1.73. The highest BCUT2D eigenvalue weighted by Crippen LogP contribution is 2.46. The van der Waals surface area contributed by atoms with Gasteiger partial charge in [0.1, 0.15) is 16.2 Å². The molecular formula is C44H26N2OS. The lowest BCUT2D eigenvalue weighted by atomic mass is 9.89. The van der Waals surface area contributed by atoms with Gasteiger partial charge in [0, 0.05) is 43.6 Å². The maximum Gasteiger partial charge on any atom is 0.136 e. The van der Waals surface area contributed by atoms with E-state index < -0.39 is 0 Å². The van der Waals surface area contributed by atoms with Crippen LogP contribution in [-0.4, -0.2) is 9.97 Å². The van der Waals surface area contributed by atoms with Gasteiger partial charge in [-0.3, -0.25) is 0 Å². The number of benzene rings is 7. The molecule has 224 valence electrons. The number of thiazole rings is 1. The minimum atomic E-state index is 0.863. The van der Waals surface area contributed by atoms with Gasteiger partial charge in [0.25, 0.3) is 0 Å². The maximum atomic E-state index is 6.56. The summed E-state index contributed by atoms with van der Waals surface area (Å²) in [6.45, 7) is 0. The largest absolute Gasteiger partial charge is 0.456 e. The molecule has 0 aliphatic rings. The first-order valence-electron chi connectivity index (χ1n) is 16.1. The van der Waals surface area contributed by atoms with E-state index in [1.165, 1.54) is 15.6 Å². The summed E-state index contributed by atoms with van der Waals surface area (Å²) in [6, 6.07) is 55.4. The number of rotatable bonds is 4. The molecule has 0 amide bonds. The highest BCUT2D eigenvalue weighted by Gasteiger charge is 2.21. The Bertz CT molecular complexity index is 2830. The number of fused-ring (bicyclic) bond motifs is 7. The number of para-hydroxylation sites is 2. The quantitative estimate of drug-likeness (QED) is 0.182. The van der Waals surface area contributed by atoms with Crippen LogP contribution in [0.25, 0.3) is 97.9 Å². The molecule has 0 atom stereocenters. The Kier molecular flexibility index (Phi) is 6.05. The van der Waals surface area contributed by atoms with Crippen molar-refractivity contribution in [3.8, 4) is 44.1 Å². The van der Waals surface area contributed by atoms with E-state index in [0.29, 0.717) is 0 Å². The molecule has 0 radical (unpaired) electrons. The van der Waals surface area contributed by atoms with Crippen molar-refractivity contribution < 1.29 is 4.42 Å². The Morgan fingerprint density at radius 2 is 1.10 bits per heavy atom. The summed E-state index contributed by atoms with van der Waals surface area (Å²) in [6.07, 6.45) is 0. The molecule has 7 aromatic carbocycles. The molecule has 0 spiro atoms. The van der Waals surface area contributed by atoms with Gasteiger partial charge in [0.15, 0.2) is 0 Å². The van der Waals surface area contributed by atoms with Gasteiger partial charge in [-0.2, -0.15) is 0 Å². The Balaban J connectivity index is 1.22. The van der Waals surface area contributed by atoms with Crippen LogP contribution in [0.2, 0.25) is 0 Å². The van der Waals surface area contributed by atoms with Crippen LogP contribution >= 0.6 is 11.3 Å². The van der Waals surface area contributed by atoms with E-state index in [9.17, 15) is 0 Å². The molecular weight excluding hydrogens is 605 g/mol. The van der Waals surface area contributed by atoms with Crippen molar-refractivity contribution in [1.82, 2.24) is 9.97 Å². The van der Waals surface area contributed by atoms with Gasteiger partial charge in [-0.05, 0) is 53.1 Å². The Morgan fingerprint density at radius 1 is 0.417 bits per heavy atom. The summed E-state index contributed by atoms with van der Waals surface area (Å²) in [7, 11) is 0. The van der Waals surface area contributed by atoms with Gasteiger partial charge in [0.2, 0.25) is 0 Å². The average Bonchev–Trinajstić information content (AvgIpc) is 3.76. The fourth-order valence-corrected chi connectivity index (χ4v) is 8.09. The third kappa shape index (κ3) is 4.27. The summed E-state index contributed by atoms with van der Waals surface area (Å²) in [5.74, 6) is 0. The lowest BCUT2D eigenvalue weighted by Gasteiger charge is -2.16.